The van der Waals surface area contributed by atoms with Crippen molar-refractivity contribution < 1.29 is 0 Å². The van der Waals surface area contributed by atoms with E-state index in [1.165, 1.54) is 71.4 Å². The first-order valence-electron chi connectivity index (χ1n) is 19.7. The van der Waals surface area contributed by atoms with Crippen LogP contribution in [0.15, 0.2) is 194 Å². The van der Waals surface area contributed by atoms with Crippen LogP contribution in [-0.4, -0.2) is 9.97 Å². The standard InChI is InChI=1S/C55H38N2/c1-55(2)50-33-39(25-26-47(50)49-31-37-19-9-10-20-38(37)32-51(49)55)40-27-28-45(42-22-12-11-21-41(40)42)46-29-30-48(44-24-14-13-23-43(44)46)53-34-52(35-15-5-3-6-16-35)56-54(57-53)36-17-7-4-8-18-36/h3-34H,1-2H3. The molecule has 0 aliphatic heterocycles. The monoisotopic (exact) mass is 726 g/mol. The van der Waals surface area contributed by atoms with Crippen LogP contribution >= 0.6 is 0 Å². The van der Waals surface area contributed by atoms with Gasteiger partial charge in [-0.1, -0.05) is 184 Å². The quantitative estimate of drug-likeness (QED) is 0.176. The number of nitrogens with zero attached hydrogens (tertiary/aromatic N) is 2. The SMILES string of the molecule is CC1(C)c2cc(-c3ccc(-c4ccc(-c5cc(-c6ccccc6)nc(-c6ccccc6)n5)c5ccccc45)c4ccccc34)ccc2-c2cc3ccccc3cc21. The lowest BCUT2D eigenvalue weighted by molar-refractivity contribution is 0.661. The van der Waals surface area contributed by atoms with Crippen molar-refractivity contribution in [2.75, 3.05) is 0 Å². The van der Waals surface area contributed by atoms with Crippen molar-refractivity contribution in [3.8, 4) is 67.3 Å². The Bertz CT molecular complexity index is 3140. The molecule has 2 heteroatoms. The molecule has 11 rings (SSSR count). The van der Waals surface area contributed by atoms with Gasteiger partial charge in [0.1, 0.15) is 0 Å². The normalized spacial score (nSPS) is 12.9. The Kier molecular flexibility index (Phi) is 7.55. The summed E-state index contributed by atoms with van der Waals surface area (Å²) in [5, 5.41) is 7.42. The molecule has 0 unspecified atom stereocenters. The molecule has 1 aromatic heterocycles. The van der Waals surface area contributed by atoms with Crippen LogP contribution in [-0.2, 0) is 5.41 Å². The van der Waals surface area contributed by atoms with Crippen LogP contribution in [0.1, 0.15) is 25.0 Å². The van der Waals surface area contributed by atoms with Gasteiger partial charge >= 0.3 is 0 Å². The second kappa shape index (κ2) is 13.0. The zero-order valence-electron chi connectivity index (χ0n) is 31.9. The number of aromatic nitrogens is 2. The fourth-order valence-corrected chi connectivity index (χ4v) is 9.19. The summed E-state index contributed by atoms with van der Waals surface area (Å²) in [5.74, 6) is 0.717. The number of fused-ring (bicyclic) bond motifs is 6. The van der Waals surface area contributed by atoms with Crippen LogP contribution < -0.4 is 0 Å². The van der Waals surface area contributed by atoms with Crippen molar-refractivity contribution >= 4 is 32.3 Å². The highest BCUT2D eigenvalue weighted by atomic mass is 14.9. The Morgan fingerprint density at radius 2 is 0.789 bits per heavy atom. The summed E-state index contributed by atoms with van der Waals surface area (Å²) in [7, 11) is 0. The van der Waals surface area contributed by atoms with Gasteiger partial charge in [0, 0.05) is 22.1 Å². The molecule has 0 fully saturated rings. The topological polar surface area (TPSA) is 25.8 Å². The first kappa shape index (κ1) is 33.2. The molecule has 9 aromatic carbocycles. The van der Waals surface area contributed by atoms with E-state index in [0.29, 0.717) is 5.82 Å². The molecule has 10 aromatic rings. The lowest BCUT2D eigenvalue weighted by Gasteiger charge is -2.22. The molecule has 0 saturated carbocycles. The van der Waals surface area contributed by atoms with Crippen molar-refractivity contribution in [1.29, 1.82) is 0 Å². The van der Waals surface area contributed by atoms with E-state index < -0.39 is 0 Å². The van der Waals surface area contributed by atoms with Gasteiger partial charge in [0.15, 0.2) is 5.82 Å². The lowest BCUT2D eigenvalue weighted by atomic mass is 9.80. The zero-order valence-corrected chi connectivity index (χ0v) is 31.9. The summed E-state index contributed by atoms with van der Waals surface area (Å²) in [4.78, 5) is 10.2. The minimum atomic E-state index is -0.103. The first-order chi connectivity index (χ1) is 28.0. The molecule has 57 heavy (non-hydrogen) atoms. The highest BCUT2D eigenvalue weighted by Crippen LogP contribution is 2.51. The Hall–Kier alpha value is -7.16. The maximum atomic E-state index is 5.20. The van der Waals surface area contributed by atoms with Crippen LogP contribution in [0.25, 0.3) is 99.6 Å². The van der Waals surface area contributed by atoms with Gasteiger partial charge in [-0.3, -0.25) is 0 Å². The van der Waals surface area contributed by atoms with E-state index in [4.69, 9.17) is 9.97 Å². The van der Waals surface area contributed by atoms with E-state index in [9.17, 15) is 0 Å². The lowest BCUT2D eigenvalue weighted by Crippen LogP contribution is -2.15. The molecule has 1 heterocycles. The number of hydrogen-bond donors (Lipinski definition) is 0. The predicted molar refractivity (Wildman–Crippen MR) is 239 cm³/mol. The van der Waals surface area contributed by atoms with E-state index >= 15 is 0 Å². The molecular formula is C55H38N2. The molecular weight excluding hydrogens is 689 g/mol. The molecule has 0 bridgehead atoms. The smallest absolute Gasteiger partial charge is 0.160 e. The van der Waals surface area contributed by atoms with Gasteiger partial charge in [-0.2, -0.15) is 0 Å². The van der Waals surface area contributed by atoms with Crippen LogP contribution in [0.4, 0.5) is 0 Å². The molecule has 1 aliphatic carbocycles. The summed E-state index contributed by atoms with van der Waals surface area (Å²) in [6.45, 7) is 4.75. The van der Waals surface area contributed by atoms with E-state index in [2.05, 4.69) is 184 Å². The maximum absolute atomic E-state index is 5.20. The van der Waals surface area contributed by atoms with E-state index in [1.54, 1.807) is 0 Å². The molecule has 0 N–H and O–H groups in total. The van der Waals surface area contributed by atoms with Crippen LogP contribution in [0.2, 0.25) is 0 Å². The van der Waals surface area contributed by atoms with E-state index in [0.717, 1.165) is 33.5 Å². The van der Waals surface area contributed by atoms with Gasteiger partial charge in [0.2, 0.25) is 0 Å². The second-order valence-electron chi connectivity index (χ2n) is 15.7. The summed E-state index contributed by atoms with van der Waals surface area (Å²) in [6, 6.07) is 70.2. The first-order valence-corrected chi connectivity index (χ1v) is 19.7. The molecule has 1 aliphatic rings. The Labute approximate surface area is 332 Å². The number of rotatable bonds is 5. The fraction of sp³-hybridized carbons (Fsp3) is 0.0545. The average Bonchev–Trinajstić information content (AvgIpc) is 3.49. The van der Waals surface area contributed by atoms with Crippen molar-refractivity contribution in [2.24, 2.45) is 0 Å². The highest BCUT2D eigenvalue weighted by Gasteiger charge is 2.36. The third-order valence-corrected chi connectivity index (χ3v) is 12.1. The molecule has 0 radical (unpaired) electrons. The van der Waals surface area contributed by atoms with Crippen molar-refractivity contribution in [2.45, 2.75) is 19.3 Å². The minimum absolute atomic E-state index is 0.103. The molecule has 2 nitrogen and oxygen atoms in total. The van der Waals surface area contributed by atoms with Crippen LogP contribution in [0.5, 0.6) is 0 Å². The maximum Gasteiger partial charge on any atom is 0.160 e. The van der Waals surface area contributed by atoms with Gasteiger partial charge in [-0.15, -0.1) is 0 Å². The molecule has 0 atom stereocenters. The largest absolute Gasteiger partial charge is 0.228 e. The predicted octanol–water partition coefficient (Wildman–Crippen LogP) is 14.6. The van der Waals surface area contributed by atoms with Gasteiger partial charge < -0.3 is 0 Å². The van der Waals surface area contributed by atoms with E-state index in [1.807, 2.05) is 24.3 Å². The Morgan fingerprint density at radius 3 is 1.46 bits per heavy atom. The van der Waals surface area contributed by atoms with Gasteiger partial charge in [-0.05, 0) is 101 Å². The van der Waals surface area contributed by atoms with Gasteiger partial charge in [0.05, 0.1) is 11.4 Å². The average molecular weight is 727 g/mol. The molecule has 0 spiro atoms. The Balaban J connectivity index is 1.04. The summed E-state index contributed by atoms with van der Waals surface area (Å²) in [5.41, 5.74) is 15.2. The zero-order chi connectivity index (χ0) is 38.1. The van der Waals surface area contributed by atoms with Crippen molar-refractivity contribution in [3.05, 3.63) is 205 Å². The van der Waals surface area contributed by atoms with Gasteiger partial charge in [-0.25, -0.2) is 9.97 Å². The Morgan fingerprint density at radius 1 is 0.316 bits per heavy atom. The molecule has 0 amide bonds. The van der Waals surface area contributed by atoms with E-state index in [-0.39, 0.29) is 5.41 Å². The second-order valence-corrected chi connectivity index (χ2v) is 15.7. The fourth-order valence-electron chi connectivity index (χ4n) is 9.19. The third-order valence-electron chi connectivity index (χ3n) is 12.1. The third kappa shape index (κ3) is 5.40. The highest BCUT2D eigenvalue weighted by molar-refractivity contribution is 6.12. The summed E-state index contributed by atoms with van der Waals surface area (Å²) < 4.78 is 0. The van der Waals surface area contributed by atoms with Crippen molar-refractivity contribution in [1.82, 2.24) is 9.97 Å². The van der Waals surface area contributed by atoms with Crippen LogP contribution in [0.3, 0.4) is 0 Å². The molecule has 0 saturated heterocycles. The number of benzene rings is 9. The summed E-state index contributed by atoms with van der Waals surface area (Å²) >= 11 is 0. The summed E-state index contributed by atoms with van der Waals surface area (Å²) in [6.07, 6.45) is 0. The van der Waals surface area contributed by atoms with Gasteiger partial charge in [0.25, 0.3) is 0 Å². The molecule has 268 valence electrons. The minimum Gasteiger partial charge on any atom is -0.228 e. The number of hydrogen-bond acceptors (Lipinski definition) is 2. The van der Waals surface area contributed by atoms with Crippen LogP contribution in [0, 0.1) is 0 Å². The van der Waals surface area contributed by atoms with Crippen molar-refractivity contribution in [3.63, 3.8) is 0 Å².